The van der Waals surface area contributed by atoms with Crippen LogP contribution in [0.3, 0.4) is 0 Å². The Morgan fingerprint density at radius 3 is 2.70 bits per heavy atom. The molecule has 2 unspecified atom stereocenters. The maximum atomic E-state index is 8.62. The van der Waals surface area contributed by atoms with Crippen molar-refractivity contribution in [1.82, 2.24) is 10.4 Å². The van der Waals surface area contributed by atoms with Gasteiger partial charge in [0.25, 0.3) is 0 Å². The number of ether oxygens (including phenoxy) is 1. The summed E-state index contributed by atoms with van der Waals surface area (Å²) in [6.45, 7) is 5.35. The number of para-hydroxylation sites is 1. The molecule has 0 bridgehead atoms. The summed E-state index contributed by atoms with van der Waals surface area (Å²) in [5, 5.41) is 11.0. The summed E-state index contributed by atoms with van der Waals surface area (Å²) in [6, 6.07) is 11.0. The zero-order valence-corrected chi connectivity index (χ0v) is 12.3. The lowest BCUT2D eigenvalue weighted by Crippen LogP contribution is -2.51. The predicted molar refractivity (Wildman–Crippen MR) is 79.0 cm³/mol. The zero-order valence-electron chi connectivity index (χ0n) is 12.3. The minimum absolute atomic E-state index is 0.0908. The van der Waals surface area contributed by atoms with E-state index < -0.39 is 0 Å². The molecule has 20 heavy (non-hydrogen) atoms. The van der Waals surface area contributed by atoms with Gasteiger partial charge in [0.1, 0.15) is 11.8 Å². The quantitative estimate of drug-likeness (QED) is 0.896. The van der Waals surface area contributed by atoms with E-state index in [1.54, 1.807) is 0 Å². The van der Waals surface area contributed by atoms with Crippen molar-refractivity contribution < 1.29 is 4.74 Å². The van der Waals surface area contributed by atoms with E-state index in [0.29, 0.717) is 12.1 Å². The van der Waals surface area contributed by atoms with Crippen molar-refractivity contribution in [3.05, 3.63) is 29.8 Å². The second-order valence-corrected chi connectivity index (χ2v) is 5.43. The van der Waals surface area contributed by atoms with Crippen molar-refractivity contribution in [3.63, 3.8) is 0 Å². The highest BCUT2D eigenvalue weighted by Gasteiger charge is 2.24. The van der Waals surface area contributed by atoms with Crippen LogP contribution in [-0.4, -0.2) is 23.7 Å². The lowest BCUT2D eigenvalue weighted by atomic mass is 10.00. The Labute approximate surface area is 121 Å². The van der Waals surface area contributed by atoms with Crippen molar-refractivity contribution in [1.29, 1.82) is 5.26 Å². The molecule has 1 fully saturated rings. The van der Waals surface area contributed by atoms with Crippen molar-refractivity contribution in [3.8, 4) is 11.8 Å². The van der Waals surface area contributed by atoms with Gasteiger partial charge in [-0.1, -0.05) is 24.6 Å². The molecule has 0 aromatic heterocycles. The standard InChI is InChI=1S/C16H23N3O/c1-13-6-5-7-14(2)19(13)18-12-15-8-3-4-9-16(15)20-11-10-17/h3-4,8-9,13-14,18H,5-7,11-12H2,1-2H3. The van der Waals surface area contributed by atoms with E-state index in [2.05, 4.69) is 24.3 Å². The smallest absolute Gasteiger partial charge is 0.174 e. The molecule has 108 valence electrons. The summed E-state index contributed by atoms with van der Waals surface area (Å²) in [7, 11) is 0. The van der Waals surface area contributed by atoms with E-state index in [1.165, 1.54) is 19.3 Å². The summed E-state index contributed by atoms with van der Waals surface area (Å²) < 4.78 is 5.46. The highest BCUT2D eigenvalue weighted by molar-refractivity contribution is 5.33. The van der Waals surface area contributed by atoms with Gasteiger partial charge in [0, 0.05) is 24.2 Å². The van der Waals surface area contributed by atoms with Crippen molar-refractivity contribution in [2.24, 2.45) is 0 Å². The van der Waals surface area contributed by atoms with Crippen LogP contribution in [0.4, 0.5) is 0 Å². The maximum Gasteiger partial charge on any atom is 0.174 e. The van der Waals surface area contributed by atoms with E-state index in [1.807, 2.05) is 30.3 Å². The second kappa shape index (κ2) is 7.28. The number of hydrazine groups is 1. The number of piperidine rings is 1. The van der Waals surface area contributed by atoms with Gasteiger partial charge in [-0.05, 0) is 32.8 Å². The molecule has 1 aromatic rings. The fourth-order valence-electron chi connectivity index (χ4n) is 2.81. The molecule has 1 aliphatic heterocycles. The van der Waals surface area contributed by atoms with Crippen LogP contribution in [0.2, 0.25) is 0 Å². The minimum atomic E-state index is 0.0908. The Morgan fingerprint density at radius 2 is 2.00 bits per heavy atom. The number of nitriles is 1. The fourth-order valence-corrected chi connectivity index (χ4v) is 2.81. The highest BCUT2D eigenvalue weighted by Crippen LogP contribution is 2.22. The van der Waals surface area contributed by atoms with Crippen LogP contribution in [0, 0.1) is 11.3 Å². The molecule has 2 rings (SSSR count). The first-order valence-corrected chi connectivity index (χ1v) is 7.32. The molecule has 1 aliphatic rings. The zero-order chi connectivity index (χ0) is 14.4. The first-order valence-electron chi connectivity index (χ1n) is 7.32. The molecule has 1 N–H and O–H groups in total. The summed E-state index contributed by atoms with van der Waals surface area (Å²) in [4.78, 5) is 0. The van der Waals surface area contributed by atoms with Crippen LogP contribution < -0.4 is 10.2 Å². The molecule has 1 heterocycles. The molecule has 0 amide bonds. The third-order valence-corrected chi connectivity index (χ3v) is 3.91. The van der Waals surface area contributed by atoms with Crippen LogP contribution in [-0.2, 0) is 6.54 Å². The van der Waals surface area contributed by atoms with Crippen molar-refractivity contribution in [2.75, 3.05) is 6.61 Å². The molecule has 0 aliphatic carbocycles. The highest BCUT2D eigenvalue weighted by atomic mass is 16.5. The average Bonchev–Trinajstić information content (AvgIpc) is 2.45. The molecule has 1 aromatic carbocycles. The predicted octanol–water partition coefficient (Wildman–Crippen LogP) is 2.86. The Morgan fingerprint density at radius 1 is 1.30 bits per heavy atom. The number of benzene rings is 1. The third-order valence-electron chi connectivity index (χ3n) is 3.91. The number of nitrogens with zero attached hydrogens (tertiary/aromatic N) is 2. The molecule has 4 nitrogen and oxygen atoms in total. The second-order valence-electron chi connectivity index (χ2n) is 5.43. The molecule has 1 saturated heterocycles. The van der Waals surface area contributed by atoms with Crippen LogP contribution in [0.15, 0.2) is 24.3 Å². The Balaban J connectivity index is 1.98. The van der Waals surface area contributed by atoms with E-state index in [9.17, 15) is 0 Å². The molecule has 2 atom stereocenters. The first kappa shape index (κ1) is 14.8. The number of hydrogen-bond donors (Lipinski definition) is 1. The summed E-state index contributed by atoms with van der Waals surface area (Å²) >= 11 is 0. The van der Waals surface area contributed by atoms with Gasteiger partial charge in [0.2, 0.25) is 0 Å². The van der Waals surface area contributed by atoms with Crippen LogP contribution in [0.25, 0.3) is 0 Å². The van der Waals surface area contributed by atoms with Gasteiger partial charge >= 0.3 is 0 Å². The monoisotopic (exact) mass is 273 g/mol. The number of rotatable bonds is 5. The van der Waals surface area contributed by atoms with Gasteiger partial charge in [-0.15, -0.1) is 0 Å². The van der Waals surface area contributed by atoms with E-state index in [0.717, 1.165) is 17.9 Å². The van der Waals surface area contributed by atoms with E-state index >= 15 is 0 Å². The van der Waals surface area contributed by atoms with E-state index in [4.69, 9.17) is 10.00 Å². The first-order chi connectivity index (χ1) is 9.72. The normalized spacial score (nSPS) is 23.2. The molecule has 0 saturated carbocycles. The van der Waals surface area contributed by atoms with Crippen LogP contribution in [0.1, 0.15) is 38.7 Å². The summed E-state index contributed by atoms with van der Waals surface area (Å²) in [5.41, 5.74) is 4.62. The molecule has 4 heteroatoms. The third kappa shape index (κ3) is 3.72. The Bertz CT molecular complexity index is 459. The van der Waals surface area contributed by atoms with Gasteiger partial charge in [0.05, 0.1) is 0 Å². The van der Waals surface area contributed by atoms with Gasteiger partial charge in [-0.25, -0.2) is 5.01 Å². The van der Waals surface area contributed by atoms with Gasteiger partial charge < -0.3 is 4.74 Å². The van der Waals surface area contributed by atoms with Crippen molar-refractivity contribution in [2.45, 2.75) is 51.7 Å². The van der Waals surface area contributed by atoms with Crippen LogP contribution >= 0.6 is 0 Å². The van der Waals surface area contributed by atoms with Gasteiger partial charge in [-0.2, -0.15) is 5.26 Å². The van der Waals surface area contributed by atoms with Gasteiger partial charge in [-0.3, -0.25) is 5.43 Å². The molecular formula is C16H23N3O. The maximum absolute atomic E-state index is 8.62. The lowest BCUT2D eigenvalue weighted by Gasteiger charge is -2.39. The van der Waals surface area contributed by atoms with Crippen molar-refractivity contribution >= 4 is 0 Å². The SMILES string of the molecule is CC1CCCC(C)N1NCc1ccccc1OCC#N. The molecular weight excluding hydrogens is 250 g/mol. The summed E-state index contributed by atoms with van der Waals surface area (Å²) in [6.07, 6.45) is 3.79. The average molecular weight is 273 g/mol. The lowest BCUT2D eigenvalue weighted by molar-refractivity contribution is 0.0432. The minimum Gasteiger partial charge on any atom is -0.478 e. The Kier molecular flexibility index (Phi) is 5.40. The Hall–Kier alpha value is -1.57. The molecule has 0 spiro atoms. The largest absolute Gasteiger partial charge is 0.478 e. The number of nitrogens with one attached hydrogen (secondary N) is 1. The van der Waals surface area contributed by atoms with Crippen LogP contribution in [0.5, 0.6) is 5.75 Å². The fraction of sp³-hybridized carbons (Fsp3) is 0.562. The van der Waals surface area contributed by atoms with Gasteiger partial charge in [0.15, 0.2) is 6.61 Å². The topological polar surface area (TPSA) is 48.3 Å². The molecule has 0 radical (unpaired) electrons. The summed E-state index contributed by atoms with van der Waals surface area (Å²) in [5.74, 6) is 0.791. The van der Waals surface area contributed by atoms with E-state index in [-0.39, 0.29) is 6.61 Å². The number of hydrogen-bond acceptors (Lipinski definition) is 4.